The van der Waals surface area contributed by atoms with Crippen LogP contribution in [-0.4, -0.2) is 0 Å². The second-order valence-corrected chi connectivity index (χ2v) is 6.47. The van der Waals surface area contributed by atoms with Crippen molar-refractivity contribution in [3.05, 3.63) is 59.7 Å². The maximum atomic E-state index is 12.6. The summed E-state index contributed by atoms with van der Waals surface area (Å²) in [5, 5.41) is 0. The van der Waals surface area contributed by atoms with E-state index in [4.69, 9.17) is 0 Å². The summed E-state index contributed by atoms with van der Waals surface area (Å²) < 4.78 is 37.9. The molecule has 0 aliphatic carbocycles. The highest BCUT2D eigenvalue weighted by Gasteiger charge is 2.30. The van der Waals surface area contributed by atoms with Gasteiger partial charge in [0.2, 0.25) is 0 Å². The Morgan fingerprint density at radius 2 is 1.38 bits per heavy atom. The number of benzene rings is 2. The second kappa shape index (κ2) is 5.55. The van der Waals surface area contributed by atoms with Crippen molar-refractivity contribution in [2.75, 3.05) is 0 Å². The molecule has 0 bridgehead atoms. The van der Waals surface area contributed by atoms with E-state index < -0.39 is 11.7 Å². The van der Waals surface area contributed by atoms with Crippen molar-refractivity contribution >= 4 is 0 Å². The Bertz CT molecular complexity index is 602. The summed E-state index contributed by atoms with van der Waals surface area (Å²) in [6, 6.07) is 13.3. The van der Waals surface area contributed by atoms with Gasteiger partial charge in [-0.15, -0.1) is 0 Å². The van der Waals surface area contributed by atoms with Crippen molar-refractivity contribution < 1.29 is 13.2 Å². The van der Waals surface area contributed by atoms with Crippen LogP contribution in [0.4, 0.5) is 13.2 Å². The van der Waals surface area contributed by atoms with E-state index in [-0.39, 0.29) is 5.41 Å². The number of halogens is 3. The summed E-state index contributed by atoms with van der Waals surface area (Å²) in [6.07, 6.45) is -3.41. The molecule has 2 aromatic rings. The van der Waals surface area contributed by atoms with E-state index in [2.05, 4.69) is 20.8 Å². The van der Waals surface area contributed by atoms with E-state index in [1.165, 1.54) is 0 Å². The fraction of sp³-hybridized carbons (Fsp3) is 0.333. The zero-order valence-electron chi connectivity index (χ0n) is 12.5. The minimum atomic E-state index is -4.29. The zero-order chi connectivity index (χ0) is 15.7. The van der Waals surface area contributed by atoms with Crippen LogP contribution >= 0.6 is 0 Å². The normalized spacial score (nSPS) is 12.5. The van der Waals surface area contributed by atoms with Gasteiger partial charge in [-0.25, -0.2) is 0 Å². The molecular weight excluding hydrogens is 273 g/mol. The molecule has 2 aromatic carbocycles. The monoisotopic (exact) mass is 292 g/mol. The van der Waals surface area contributed by atoms with Gasteiger partial charge >= 0.3 is 6.18 Å². The first kappa shape index (κ1) is 15.6. The van der Waals surface area contributed by atoms with Crippen molar-refractivity contribution in [1.29, 1.82) is 0 Å². The molecule has 2 rings (SSSR count). The third-order valence-electron chi connectivity index (χ3n) is 3.26. The maximum Gasteiger partial charge on any atom is 0.416 e. The summed E-state index contributed by atoms with van der Waals surface area (Å²) in [5.41, 5.74) is 2.50. The SMILES string of the molecule is CC(C)(C)Cc1ccccc1-c1ccc(C(F)(F)F)cc1. The Balaban J connectivity index is 2.38. The number of hydrogen-bond donors (Lipinski definition) is 0. The maximum absolute atomic E-state index is 12.6. The molecule has 0 N–H and O–H groups in total. The van der Waals surface area contributed by atoms with Crippen molar-refractivity contribution in [2.24, 2.45) is 5.41 Å². The standard InChI is InChI=1S/C18H19F3/c1-17(2,3)12-14-6-4-5-7-16(14)13-8-10-15(11-9-13)18(19,20)21/h4-11H,12H2,1-3H3. The van der Waals surface area contributed by atoms with Crippen LogP contribution in [-0.2, 0) is 12.6 Å². The van der Waals surface area contributed by atoms with Crippen molar-refractivity contribution in [2.45, 2.75) is 33.4 Å². The van der Waals surface area contributed by atoms with Crippen LogP contribution in [0.2, 0.25) is 0 Å². The summed E-state index contributed by atoms with van der Waals surface area (Å²) >= 11 is 0. The second-order valence-electron chi connectivity index (χ2n) is 6.47. The highest BCUT2D eigenvalue weighted by Crippen LogP contribution is 2.33. The first-order valence-corrected chi connectivity index (χ1v) is 6.92. The van der Waals surface area contributed by atoms with Crippen molar-refractivity contribution in [3.8, 4) is 11.1 Å². The van der Waals surface area contributed by atoms with E-state index in [1.54, 1.807) is 12.1 Å². The van der Waals surface area contributed by atoms with E-state index in [9.17, 15) is 13.2 Å². The predicted octanol–water partition coefficient (Wildman–Crippen LogP) is 5.96. The minimum absolute atomic E-state index is 0.127. The van der Waals surface area contributed by atoms with Gasteiger partial charge in [-0.1, -0.05) is 57.2 Å². The van der Waals surface area contributed by atoms with Crippen LogP contribution in [0.5, 0.6) is 0 Å². The smallest absolute Gasteiger partial charge is 0.166 e. The lowest BCUT2D eigenvalue weighted by molar-refractivity contribution is -0.137. The van der Waals surface area contributed by atoms with Crippen LogP contribution in [0.1, 0.15) is 31.9 Å². The topological polar surface area (TPSA) is 0 Å². The van der Waals surface area contributed by atoms with Gasteiger partial charge in [-0.2, -0.15) is 13.2 Å². The number of hydrogen-bond acceptors (Lipinski definition) is 0. The molecule has 0 amide bonds. The van der Waals surface area contributed by atoms with E-state index in [0.29, 0.717) is 0 Å². The highest BCUT2D eigenvalue weighted by atomic mass is 19.4. The van der Waals surface area contributed by atoms with E-state index in [1.807, 2.05) is 24.3 Å². The summed E-state index contributed by atoms with van der Waals surface area (Å²) in [5.74, 6) is 0. The molecule has 0 heterocycles. The lowest BCUT2D eigenvalue weighted by Crippen LogP contribution is -2.10. The predicted molar refractivity (Wildman–Crippen MR) is 80.0 cm³/mol. The quantitative estimate of drug-likeness (QED) is 0.640. The molecular formula is C18H19F3. The van der Waals surface area contributed by atoms with Gasteiger partial charge in [0.05, 0.1) is 5.56 Å². The minimum Gasteiger partial charge on any atom is -0.166 e. The largest absolute Gasteiger partial charge is 0.416 e. The third kappa shape index (κ3) is 4.10. The molecule has 0 radical (unpaired) electrons. The molecule has 0 spiro atoms. The van der Waals surface area contributed by atoms with Gasteiger partial charge in [-0.05, 0) is 40.7 Å². The average Bonchev–Trinajstić information content (AvgIpc) is 2.37. The van der Waals surface area contributed by atoms with E-state index >= 15 is 0 Å². The Morgan fingerprint density at radius 1 is 0.810 bits per heavy atom. The van der Waals surface area contributed by atoms with Gasteiger partial charge in [0.25, 0.3) is 0 Å². The molecule has 0 saturated carbocycles. The molecule has 0 nitrogen and oxygen atoms in total. The summed E-state index contributed by atoms with van der Waals surface area (Å²) in [7, 11) is 0. The zero-order valence-corrected chi connectivity index (χ0v) is 12.5. The average molecular weight is 292 g/mol. The lowest BCUT2D eigenvalue weighted by atomic mass is 9.85. The molecule has 21 heavy (non-hydrogen) atoms. The molecule has 0 unspecified atom stereocenters. The first-order valence-electron chi connectivity index (χ1n) is 6.92. The van der Waals surface area contributed by atoms with Gasteiger partial charge in [0.1, 0.15) is 0 Å². The van der Waals surface area contributed by atoms with Gasteiger partial charge in [-0.3, -0.25) is 0 Å². The number of rotatable bonds is 2. The van der Waals surface area contributed by atoms with Crippen molar-refractivity contribution in [3.63, 3.8) is 0 Å². The van der Waals surface area contributed by atoms with Gasteiger partial charge < -0.3 is 0 Å². The van der Waals surface area contributed by atoms with E-state index in [0.717, 1.165) is 35.2 Å². The molecule has 3 heteroatoms. The van der Waals surface area contributed by atoms with Crippen LogP contribution in [0.3, 0.4) is 0 Å². The molecule has 0 fully saturated rings. The van der Waals surface area contributed by atoms with Gasteiger partial charge in [0, 0.05) is 0 Å². The van der Waals surface area contributed by atoms with Crippen LogP contribution in [0.15, 0.2) is 48.5 Å². The van der Waals surface area contributed by atoms with Gasteiger partial charge in [0.15, 0.2) is 0 Å². The fourth-order valence-electron chi connectivity index (χ4n) is 2.37. The summed E-state index contributed by atoms with van der Waals surface area (Å²) in [4.78, 5) is 0. The fourth-order valence-corrected chi connectivity index (χ4v) is 2.37. The molecule has 112 valence electrons. The van der Waals surface area contributed by atoms with Crippen molar-refractivity contribution in [1.82, 2.24) is 0 Å². The first-order chi connectivity index (χ1) is 9.67. The lowest BCUT2D eigenvalue weighted by Gasteiger charge is -2.20. The third-order valence-corrected chi connectivity index (χ3v) is 3.26. The Hall–Kier alpha value is -1.77. The molecule has 0 atom stereocenters. The summed E-state index contributed by atoms with van der Waals surface area (Å²) in [6.45, 7) is 6.45. The Labute approximate surface area is 123 Å². The molecule has 0 saturated heterocycles. The number of alkyl halides is 3. The molecule has 0 aromatic heterocycles. The molecule has 0 aliphatic rings. The highest BCUT2D eigenvalue weighted by molar-refractivity contribution is 5.67. The Morgan fingerprint density at radius 3 is 1.90 bits per heavy atom. The van der Waals surface area contributed by atoms with Crippen LogP contribution in [0.25, 0.3) is 11.1 Å². The molecule has 0 aliphatic heterocycles. The van der Waals surface area contributed by atoms with Crippen LogP contribution in [0, 0.1) is 5.41 Å². The van der Waals surface area contributed by atoms with Crippen LogP contribution < -0.4 is 0 Å². The Kier molecular flexibility index (Phi) is 4.13.